The molecule has 0 radical (unpaired) electrons. The highest BCUT2D eigenvalue weighted by molar-refractivity contribution is 6.31. The van der Waals surface area contributed by atoms with Gasteiger partial charge in [0, 0.05) is 38.9 Å². The fourth-order valence-corrected chi connectivity index (χ4v) is 5.06. The highest BCUT2D eigenvalue weighted by Gasteiger charge is 2.38. The first-order valence-electron chi connectivity index (χ1n) is 11.5. The van der Waals surface area contributed by atoms with E-state index in [-0.39, 0.29) is 45.3 Å². The summed E-state index contributed by atoms with van der Waals surface area (Å²) in [4.78, 5) is 26.0. The van der Waals surface area contributed by atoms with Crippen LogP contribution in [0.1, 0.15) is 67.8 Å². The van der Waals surface area contributed by atoms with E-state index in [4.69, 9.17) is 16.9 Å². The molecular formula is C27H17ClF5N3O2. The van der Waals surface area contributed by atoms with Crippen LogP contribution in [0.2, 0.25) is 5.02 Å². The number of nitrogens with one attached hydrogen (secondary N) is 2. The number of benzene rings is 3. The number of carbonyl (C=O) groups excluding carboxylic acids is 2. The van der Waals surface area contributed by atoms with Gasteiger partial charge in [0.15, 0.2) is 0 Å². The molecule has 3 aromatic carbocycles. The molecule has 1 aliphatic heterocycles. The number of amides is 2. The molecule has 1 saturated carbocycles. The summed E-state index contributed by atoms with van der Waals surface area (Å²) in [5, 5.41) is 14.5. The largest absolute Gasteiger partial charge is 0.416 e. The molecule has 1 atom stereocenters. The topological polar surface area (TPSA) is 82.0 Å². The predicted molar refractivity (Wildman–Crippen MR) is 128 cm³/mol. The van der Waals surface area contributed by atoms with E-state index in [1.54, 1.807) is 12.1 Å². The number of nitrogens with zero attached hydrogens (tertiary/aromatic N) is 1. The predicted octanol–water partition coefficient (Wildman–Crippen LogP) is 6.74. The van der Waals surface area contributed by atoms with Gasteiger partial charge in [-0.1, -0.05) is 11.6 Å². The van der Waals surface area contributed by atoms with Gasteiger partial charge in [0.2, 0.25) is 0 Å². The lowest BCUT2D eigenvalue weighted by molar-refractivity contribution is -0.137. The van der Waals surface area contributed by atoms with Crippen LogP contribution >= 0.6 is 11.6 Å². The molecule has 2 aliphatic rings. The fraction of sp³-hybridized carbons (Fsp3) is 0.222. The lowest BCUT2D eigenvalue weighted by Gasteiger charge is -2.31. The van der Waals surface area contributed by atoms with Crippen molar-refractivity contribution in [3.05, 3.63) is 98.6 Å². The van der Waals surface area contributed by atoms with Crippen molar-refractivity contribution in [2.75, 3.05) is 5.32 Å². The number of carbonyl (C=O) groups is 2. The smallest absolute Gasteiger partial charge is 0.341 e. The Morgan fingerprint density at radius 2 is 1.79 bits per heavy atom. The van der Waals surface area contributed by atoms with E-state index in [0.29, 0.717) is 30.5 Å². The first-order valence-corrected chi connectivity index (χ1v) is 11.8. The molecule has 1 unspecified atom stereocenters. The van der Waals surface area contributed by atoms with Crippen LogP contribution in [0.4, 0.5) is 27.6 Å². The van der Waals surface area contributed by atoms with Crippen LogP contribution in [0.3, 0.4) is 0 Å². The second-order valence-electron chi connectivity index (χ2n) is 9.28. The van der Waals surface area contributed by atoms with E-state index in [9.17, 15) is 31.5 Å². The molecule has 38 heavy (non-hydrogen) atoms. The summed E-state index contributed by atoms with van der Waals surface area (Å²) >= 11 is 6.28. The molecule has 1 aliphatic carbocycles. The van der Waals surface area contributed by atoms with E-state index in [2.05, 4.69) is 16.7 Å². The van der Waals surface area contributed by atoms with Gasteiger partial charge in [0.25, 0.3) is 11.8 Å². The summed E-state index contributed by atoms with van der Waals surface area (Å²) < 4.78 is 67.7. The van der Waals surface area contributed by atoms with Gasteiger partial charge in [-0.15, -0.1) is 0 Å². The molecule has 1 heterocycles. The molecule has 2 amide bonds. The number of anilines is 1. The third-order valence-corrected chi connectivity index (χ3v) is 7.15. The van der Waals surface area contributed by atoms with Crippen LogP contribution in [0.25, 0.3) is 0 Å². The molecule has 0 bridgehead atoms. The molecule has 11 heteroatoms. The zero-order valence-corrected chi connectivity index (χ0v) is 20.1. The van der Waals surface area contributed by atoms with Gasteiger partial charge >= 0.3 is 6.18 Å². The third-order valence-electron chi connectivity index (χ3n) is 6.81. The fourth-order valence-electron chi connectivity index (χ4n) is 4.84. The van der Waals surface area contributed by atoms with E-state index >= 15 is 0 Å². The van der Waals surface area contributed by atoms with Crippen molar-refractivity contribution >= 4 is 29.1 Å². The Kier molecular flexibility index (Phi) is 6.35. The lowest BCUT2D eigenvalue weighted by Crippen LogP contribution is -2.22. The van der Waals surface area contributed by atoms with Gasteiger partial charge in [0.1, 0.15) is 11.6 Å². The molecule has 0 aromatic heterocycles. The van der Waals surface area contributed by atoms with Crippen LogP contribution in [-0.2, 0) is 6.18 Å². The normalized spacial score (nSPS) is 20.2. The summed E-state index contributed by atoms with van der Waals surface area (Å²) in [6.07, 6.45) is -3.82. The standard InChI is InChI=1S/C27H17ClF5N3O2/c28-21-2-1-17(29)10-19(21)24-23-20(26(38)36-24)7-14(13-3-12(4-13)11-34)8-22(23)35-25(37)15-5-16(27(31,32)33)9-18(30)6-15/h1-2,5-10,12-13,24H,3-4H2,(H,35,37)(H,36,38). The highest BCUT2D eigenvalue weighted by atomic mass is 35.5. The van der Waals surface area contributed by atoms with Gasteiger partial charge < -0.3 is 10.6 Å². The van der Waals surface area contributed by atoms with Crippen LogP contribution < -0.4 is 10.6 Å². The number of hydrogen-bond donors (Lipinski definition) is 2. The van der Waals surface area contributed by atoms with Crippen LogP contribution in [-0.4, -0.2) is 11.8 Å². The molecular weight excluding hydrogens is 529 g/mol. The third kappa shape index (κ3) is 4.70. The van der Waals surface area contributed by atoms with Crippen molar-refractivity contribution in [2.45, 2.75) is 31.0 Å². The number of hydrogen-bond acceptors (Lipinski definition) is 3. The molecule has 194 valence electrons. The van der Waals surface area contributed by atoms with E-state index in [1.807, 2.05) is 0 Å². The number of halogens is 6. The Morgan fingerprint density at radius 1 is 1.05 bits per heavy atom. The SMILES string of the molecule is N#CC1CC(c2cc(NC(=O)c3cc(F)cc(C(F)(F)F)c3)c3c(c2)C(=O)NC3c2cc(F)ccc2Cl)C1. The Hall–Kier alpha value is -3.97. The monoisotopic (exact) mass is 545 g/mol. The second kappa shape index (κ2) is 9.40. The number of alkyl halides is 3. The van der Waals surface area contributed by atoms with Gasteiger partial charge in [-0.25, -0.2) is 8.78 Å². The Labute approximate surface area is 218 Å². The van der Waals surface area contributed by atoms with Crippen molar-refractivity contribution in [1.29, 1.82) is 5.26 Å². The van der Waals surface area contributed by atoms with Crippen LogP contribution in [0.15, 0.2) is 48.5 Å². The zero-order chi connectivity index (χ0) is 27.4. The maximum Gasteiger partial charge on any atom is 0.416 e. The average Bonchev–Trinajstić information content (AvgIpc) is 3.15. The highest BCUT2D eigenvalue weighted by Crippen LogP contribution is 2.46. The number of fused-ring (bicyclic) bond motifs is 1. The van der Waals surface area contributed by atoms with Gasteiger partial charge in [-0.3, -0.25) is 9.59 Å². The quantitative estimate of drug-likeness (QED) is 0.356. The molecule has 1 fully saturated rings. The minimum Gasteiger partial charge on any atom is -0.341 e. The number of nitriles is 1. The summed E-state index contributed by atoms with van der Waals surface area (Å²) in [7, 11) is 0. The van der Waals surface area contributed by atoms with Crippen molar-refractivity contribution in [3.8, 4) is 6.07 Å². The first kappa shape index (κ1) is 25.7. The van der Waals surface area contributed by atoms with Crippen molar-refractivity contribution < 1.29 is 31.5 Å². The van der Waals surface area contributed by atoms with Gasteiger partial charge in [-0.05, 0) is 72.9 Å². The summed E-state index contributed by atoms with van der Waals surface area (Å²) in [5.41, 5.74) is -0.587. The van der Waals surface area contributed by atoms with Crippen LogP contribution in [0.5, 0.6) is 0 Å². The molecule has 0 saturated heterocycles. The molecule has 5 nitrogen and oxygen atoms in total. The molecule has 3 aromatic rings. The first-order chi connectivity index (χ1) is 17.9. The Morgan fingerprint density at radius 3 is 2.47 bits per heavy atom. The van der Waals surface area contributed by atoms with Crippen molar-refractivity contribution in [2.24, 2.45) is 5.92 Å². The van der Waals surface area contributed by atoms with Gasteiger partial charge in [0.05, 0.1) is 17.7 Å². The van der Waals surface area contributed by atoms with Crippen LogP contribution in [0, 0.1) is 28.9 Å². The number of rotatable bonds is 4. The Balaban J connectivity index is 1.60. The summed E-state index contributed by atoms with van der Waals surface area (Å²) in [5.74, 6) is -3.68. The van der Waals surface area contributed by atoms with Crippen molar-refractivity contribution in [1.82, 2.24) is 5.32 Å². The summed E-state index contributed by atoms with van der Waals surface area (Å²) in [6, 6.07) is 9.44. The minimum atomic E-state index is -4.88. The molecule has 5 rings (SSSR count). The minimum absolute atomic E-state index is 0.0735. The van der Waals surface area contributed by atoms with Crippen molar-refractivity contribution in [3.63, 3.8) is 0 Å². The lowest BCUT2D eigenvalue weighted by atomic mass is 9.71. The van der Waals surface area contributed by atoms with E-state index in [1.165, 1.54) is 6.07 Å². The average molecular weight is 546 g/mol. The van der Waals surface area contributed by atoms with Gasteiger partial charge in [-0.2, -0.15) is 18.4 Å². The van der Waals surface area contributed by atoms with E-state index < -0.39 is 46.8 Å². The summed E-state index contributed by atoms with van der Waals surface area (Å²) in [6.45, 7) is 0. The molecule has 0 spiro atoms. The maximum atomic E-state index is 14.1. The molecule has 2 N–H and O–H groups in total. The second-order valence-corrected chi connectivity index (χ2v) is 9.68. The Bertz CT molecular complexity index is 1530. The maximum absolute atomic E-state index is 14.1. The zero-order valence-electron chi connectivity index (χ0n) is 19.3. The van der Waals surface area contributed by atoms with E-state index in [0.717, 1.165) is 12.1 Å².